The molecule has 1 heterocycles. The lowest BCUT2D eigenvalue weighted by atomic mass is 10.3. The van der Waals surface area contributed by atoms with Crippen molar-refractivity contribution in [3.63, 3.8) is 0 Å². The van der Waals surface area contributed by atoms with Gasteiger partial charge in [-0.15, -0.1) is 0 Å². The summed E-state index contributed by atoms with van der Waals surface area (Å²) in [6.07, 6.45) is 0.501. The highest BCUT2D eigenvalue weighted by Gasteiger charge is 2.09. The Bertz CT molecular complexity index is 595. The van der Waals surface area contributed by atoms with Gasteiger partial charge in [0.25, 0.3) is 0 Å². The molecule has 0 saturated carbocycles. The summed E-state index contributed by atoms with van der Waals surface area (Å²) in [5.74, 6) is 0.186. The van der Waals surface area contributed by atoms with E-state index in [9.17, 15) is 4.79 Å². The number of thiazole rings is 1. The van der Waals surface area contributed by atoms with E-state index in [1.54, 1.807) is 11.3 Å². The van der Waals surface area contributed by atoms with Crippen LogP contribution in [-0.4, -0.2) is 35.4 Å². The van der Waals surface area contributed by atoms with Gasteiger partial charge in [0, 0.05) is 30.5 Å². The van der Waals surface area contributed by atoms with E-state index in [2.05, 4.69) is 26.2 Å². The molecule has 2 rings (SSSR count). The Kier molecular flexibility index (Phi) is 5.37. The van der Waals surface area contributed by atoms with Crippen molar-refractivity contribution < 1.29 is 4.79 Å². The Hall–Kier alpha value is -1.14. The molecule has 0 unspecified atom stereocenters. The number of nitrogens with one attached hydrogen (secondary N) is 1. The molecule has 0 aliphatic heterocycles. The normalized spacial score (nSPS) is 10.8. The molecule has 4 nitrogen and oxygen atoms in total. The third-order valence-corrected chi connectivity index (χ3v) is 4.57. The van der Waals surface area contributed by atoms with Crippen molar-refractivity contribution in [1.82, 2.24) is 9.88 Å². The third-order valence-electron chi connectivity index (χ3n) is 3.08. The van der Waals surface area contributed by atoms with Crippen LogP contribution < -0.4 is 5.32 Å². The molecule has 0 spiro atoms. The first kappa shape index (κ1) is 15.3. The number of amides is 1. The quantitative estimate of drug-likeness (QED) is 0.858. The van der Waals surface area contributed by atoms with Gasteiger partial charge in [0.1, 0.15) is 0 Å². The summed E-state index contributed by atoms with van der Waals surface area (Å²) in [4.78, 5) is 18.2. The zero-order valence-electron chi connectivity index (χ0n) is 11.6. The number of fused-ring (bicyclic) bond motifs is 1. The summed E-state index contributed by atoms with van der Waals surface area (Å²) in [5, 5.41) is 4.10. The average molecular weight is 356 g/mol. The van der Waals surface area contributed by atoms with Crippen LogP contribution in [0, 0.1) is 0 Å². The van der Waals surface area contributed by atoms with Gasteiger partial charge in [-0.25, -0.2) is 4.98 Å². The van der Waals surface area contributed by atoms with Gasteiger partial charge in [-0.3, -0.25) is 4.79 Å². The number of benzene rings is 1. The number of halogens is 1. The molecule has 0 aliphatic carbocycles. The number of hydrogen-bond acceptors (Lipinski definition) is 4. The van der Waals surface area contributed by atoms with Crippen molar-refractivity contribution in [2.45, 2.75) is 20.3 Å². The highest BCUT2D eigenvalue weighted by molar-refractivity contribution is 9.10. The zero-order chi connectivity index (χ0) is 14.5. The van der Waals surface area contributed by atoms with Crippen molar-refractivity contribution in [1.29, 1.82) is 0 Å². The molecule has 1 aromatic heterocycles. The average Bonchev–Trinajstić information content (AvgIpc) is 2.82. The molecule has 1 amide bonds. The van der Waals surface area contributed by atoms with Crippen LogP contribution in [0.1, 0.15) is 20.3 Å². The summed E-state index contributed by atoms with van der Waals surface area (Å²) >= 11 is 5.05. The van der Waals surface area contributed by atoms with Crippen molar-refractivity contribution in [2.75, 3.05) is 25.0 Å². The van der Waals surface area contributed by atoms with Crippen molar-refractivity contribution in [3.05, 3.63) is 22.7 Å². The fourth-order valence-corrected chi connectivity index (χ4v) is 3.21. The van der Waals surface area contributed by atoms with Gasteiger partial charge in [-0.2, -0.15) is 0 Å². The van der Waals surface area contributed by atoms with E-state index in [0.717, 1.165) is 32.9 Å². The van der Waals surface area contributed by atoms with Gasteiger partial charge in [0.15, 0.2) is 5.13 Å². The Morgan fingerprint density at radius 1 is 1.40 bits per heavy atom. The Balaban J connectivity index is 1.91. The molecule has 1 aromatic carbocycles. The molecular formula is C14H18BrN3OS. The summed E-state index contributed by atoms with van der Waals surface area (Å²) in [5.41, 5.74) is 0.974. The van der Waals surface area contributed by atoms with Gasteiger partial charge < -0.3 is 10.2 Å². The first-order valence-electron chi connectivity index (χ1n) is 6.71. The number of hydrogen-bond donors (Lipinski definition) is 1. The maximum atomic E-state index is 11.9. The van der Waals surface area contributed by atoms with Crippen LogP contribution in [0.5, 0.6) is 0 Å². The van der Waals surface area contributed by atoms with Gasteiger partial charge in [-0.1, -0.05) is 27.3 Å². The van der Waals surface area contributed by atoms with Gasteiger partial charge in [0.05, 0.1) is 10.2 Å². The number of aromatic nitrogens is 1. The van der Waals surface area contributed by atoms with Gasteiger partial charge in [-0.05, 0) is 32.0 Å². The van der Waals surface area contributed by atoms with Crippen LogP contribution in [-0.2, 0) is 4.79 Å². The lowest BCUT2D eigenvalue weighted by Gasteiger charge is -2.18. The second-order valence-corrected chi connectivity index (χ2v) is 6.32. The highest BCUT2D eigenvalue weighted by atomic mass is 79.9. The largest absolute Gasteiger partial charge is 0.361 e. The molecular weight excluding hydrogens is 338 g/mol. The monoisotopic (exact) mass is 355 g/mol. The van der Waals surface area contributed by atoms with Crippen LogP contribution in [0.3, 0.4) is 0 Å². The van der Waals surface area contributed by atoms with E-state index in [1.165, 1.54) is 0 Å². The molecule has 0 atom stereocenters. The number of anilines is 1. The Morgan fingerprint density at radius 2 is 2.15 bits per heavy atom. The minimum absolute atomic E-state index is 0.186. The lowest BCUT2D eigenvalue weighted by molar-refractivity contribution is -0.130. The maximum Gasteiger partial charge on any atom is 0.224 e. The molecule has 1 N–H and O–H groups in total. The second kappa shape index (κ2) is 7.04. The molecule has 0 saturated heterocycles. The van der Waals surface area contributed by atoms with Crippen molar-refractivity contribution >= 4 is 48.5 Å². The van der Waals surface area contributed by atoms with Gasteiger partial charge >= 0.3 is 0 Å². The second-order valence-electron chi connectivity index (χ2n) is 4.37. The summed E-state index contributed by atoms with van der Waals surface area (Å²) < 4.78 is 2.17. The van der Waals surface area contributed by atoms with Gasteiger partial charge in [0.2, 0.25) is 5.91 Å². The fraction of sp³-hybridized carbons (Fsp3) is 0.429. The van der Waals surface area contributed by atoms with E-state index < -0.39 is 0 Å². The minimum atomic E-state index is 0.186. The summed E-state index contributed by atoms with van der Waals surface area (Å²) in [6.45, 7) is 6.16. The predicted octanol–water partition coefficient (Wildman–Crippen LogP) is 3.73. The van der Waals surface area contributed by atoms with E-state index in [-0.39, 0.29) is 5.91 Å². The number of rotatable bonds is 6. The van der Waals surface area contributed by atoms with Crippen LogP contribution in [0.25, 0.3) is 10.2 Å². The third kappa shape index (κ3) is 3.70. The number of nitrogens with zero attached hydrogens (tertiary/aromatic N) is 2. The number of carbonyl (C=O) groups excluding carboxylic acids is 1. The highest BCUT2D eigenvalue weighted by Crippen LogP contribution is 2.28. The van der Waals surface area contributed by atoms with E-state index in [4.69, 9.17) is 0 Å². The first-order chi connectivity index (χ1) is 9.63. The molecule has 6 heteroatoms. The van der Waals surface area contributed by atoms with Crippen LogP contribution in [0.15, 0.2) is 22.7 Å². The van der Waals surface area contributed by atoms with Crippen molar-refractivity contribution in [3.8, 4) is 0 Å². The first-order valence-corrected chi connectivity index (χ1v) is 8.32. The van der Waals surface area contributed by atoms with E-state index >= 15 is 0 Å². The zero-order valence-corrected chi connectivity index (χ0v) is 14.1. The predicted molar refractivity (Wildman–Crippen MR) is 88.4 cm³/mol. The molecule has 0 radical (unpaired) electrons. The van der Waals surface area contributed by atoms with Crippen molar-refractivity contribution in [2.24, 2.45) is 0 Å². The Morgan fingerprint density at radius 3 is 2.85 bits per heavy atom. The molecule has 108 valence electrons. The van der Waals surface area contributed by atoms with Crippen LogP contribution in [0.4, 0.5) is 5.13 Å². The smallest absolute Gasteiger partial charge is 0.224 e. The maximum absolute atomic E-state index is 11.9. The Labute approximate surface area is 131 Å². The molecule has 0 fully saturated rings. The topological polar surface area (TPSA) is 45.2 Å². The molecule has 0 aliphatic rings. The lowest BCUT2D eigenvalue weighted by Crippen LogP contribution is -2.31. The standard InChI is InChI=1S/C14H18BrN3OS/c1-3-18(4-2)13(19)7-8-16-14-17-11-9-10(15)5-6-12(11)20-14/h5-6,9H,3-4,7-8H2,1-2H3,(H,16,17). The summed E-state index contributed by atoms with van der Waals surface area (Å²) in [6, 6.07) is 6.05. The molecule has 20 heavy (non-hydrogen) atoms. The van der Waals surface area contributed by atoms with Crippen LogP contribution >= 0.6 is 27.3 Å². The number of carbonyl (C=O) groups is 1. The van der Waals surface area contributed by atoms with Crippen LogP contribution in [0.2, 0.25) is 0 Å². The fourth-order valence-electron chi connectivity index (χ4n) is 1.99. The van der Waals surface area contributed by atoms with E-state index in [0.29, 0.717) is 13.0 Å². The summed E-state index contributed by atoms with van der Waals surface area (Å²) in [7, 11) is 0. The minimum Gasteiger partial charge on any atom is -0.361 e. The van der Waals surface area contributed by atoms with E-state index in [1.807, 2.05) is 36.9 Å². The molecule has 0 bridgehead atoms. The SMILES string of the molecule is CCN(CC)C(=O)CCNc1nc2cc(Br)ccc2s1. The molecule has 2 aromatic rings.